The SMILES string of the molecule is NC1CCCN(CC2CCCCC2)c2ccccc21. The molecule has 104 valence electrons. The lowest BCUT2D eigenvalue weighted by molar-refractivity contribution is 0.358. The van der Waals surface area contributed by atoms with Crippen molar-refractivity contribution in [1.82, 2.24) is 0 Å². The van der Waals surface area contributed by atoms with Crippen molar-refractivity contribution in [3.05, 3.63) is 29.8 Å². The van der Waals surface area contributed by atoms with Crippen molar-refractivity contribution in [3.8, 4) is 0 Å². The van der Waals surface area contributed by atoms with Crippen molar-refractivity contribution in [2.45, 2.75) is 51.0 Å². The van der Waals surface area contributed by atoms with Crippen molar-refractivity contribution >= 4 is 5.69 Å². The summed E-state index contributed by atoms with van der Waals surface area (Å²) in [6, 6.07) is 9.00. The molecule has 0 amide bonds. The van der Waals surface area contributed by atoms with Crippen LogP contribution in [0, 0.1) is 5.92 Å². The summed E-state index contributed by atoms with van der Waals surface area (Å²) >= 11 is 0. The van der Waals surface area contributed by atoms with E-state index in [1.54, 1.807) is 0 Å². The summed E-state index contributed by atoms with van der Waals surface area (Å²) in [6.45, 7) is 2.42. The third-order valence-corrected chi connectivity index (χ3v) is 4.82. The summed E-state index contributed by atoms with van der Waals surface area (Å²) in [5.74, 6) is 0.899. The highest BCUT2D eigenvalue weighted by Gasteiger charge is 2.23. The number of hydrogen-bond acceptors (Lipinski definition) is 2. The van der Waals surface area contributed by atoms with Crippen molar-refractivity contribution in [3.63, 3.8) is 0 Å². The molecule has 1 aliphatic carbocycles. The lowest BCUT2D eigenvalue weighted by atomic mass is 9.88. The Kier molecular flexibility index (Phi) is 4.07. The van der Waals surface area contributed by atoms with Gasteiger partial charge in [-0.05, 0) is 43.2 Å². The maximum absolute atomic E-state index is 6.32. The largest absolute Gasteiger partial charge is 0.371 e. The molecule has 1 aliphatic heterocycles. The molecule has 0 saturated heterocycles. The first kappa shape index (κ1) is 13.0. The van der Waals surface area contributed by atoms with E-state index < -0.39 is 0 Å². The van der Waals surface area contributed by atoms with E-state index in [0.717, 1.165) is 12.3 Å². The lowest BCUT2D eigenvalue weighted by Gasteiger charge is -2.31. The van der Waals surface area contributed by atoms with Crippen LogP contribution in [0.5, 0.6) is 0 Å². The Morgan fingerprint density at radius 1 is 1.00 bits per heavy atom. The van der Waals surface area contributed by atoms with Crippen LogP contribution in [-0.2, 0) is 0 Å². The number of para-hydroxylation sites is 1. The average Bonchev–Trinajstić information content (AvgIpc) is 2.61. The van der Waals surface area contributed by atoms with Crippen LogP contribution < -0.4 is 10.6 Å². The monoisotopic (exact) mass is 258 g/mol. The number of benzene rings is 1. The molecule has 3 rings (SSSR count). The fourth-order valence-corrected chi connectivity index (χ4v) is 3.74. The van der Waals surface area contributed by atoms with Crippen molar-refractivity contribution in [2.75, 3.05) is 18.0 Å². The van der Waals surface area contributed by atoms with Gasteiger partial charge in [-0.15, -0.1) is 0 Å². The minimum absolute atomic E-state index is 0.229. The standard InChI is InChI=1S/C17H26N2/c18-16-10-6-12-19(13-14-7-2-1-3-8-14)17-11-5-4-9-15(16)17/h4-5,9,11,14,16H,1-3,6-8,10,12-13,18H2. The molecule has 2 nitrogen and oxygen atoms in total. The first-order valence-electron chi connectivity index (χ1n) is 7.94. The summed E-state index contributed by atoms with van der Waals surface area (Å²) < 4.78 is 0. The Labute approximate surface area is 117 Å². The number of anilines is 1. The Balaban J connectivity index is 1.78. The molecule has 1 aromatic rings. The highest BCUT2D eigenvalue weighted by Crippen LogP contribution is 2.33. The zero-order valence-corrected chi connectivity index (χ0v) is 11.9. The molecule has 1 fully saturated rings. The van der Waals surface area contributed by atoms with Gasteiger partial charge in [-0.2, -0.15) is 0 Å². The van der Waals surface area contributed by atoms with Gasteiger partial charge in [-0.25, -0.2) is 0 Å². The quantitative estimate of drug-likeness (QED) is 0.872. The molecule has 1 saturated carbocycles. The van der Waals surface area contributed by atoms with E-state index in [1.807, 2.05) is 0 Å². The number of hydrogen-bond donors (Lipinski definition) is 1. The van der Waals surface area contributed by atoms with Crippen LogP contribution in [0.2, 0.25) is 0 Å². The molecule has 2 aliphatic rings. The van der Waals surface area contributed by atoms with Gasteiger partial charge in [0.05, 0.1) is 0 Å². The third kappa shape index (κ3) is 2.94. The van der Waals surface area contributed by atoms with Gasteiger partial charge in [0.2, 0.25) is 0 Å². The van der Waals surface area contributed by atoms with Crippen LogP contribution in [0.4, 0.5) is 5.69 Å². The van der Waals surface area contributed by atoms with E-state index in [4.69, 9.17) is 5.73 Å². The predicted octanol–water partition coefficient (Wildman–Crippen LogP) is 3.87. The maximum Gasteiger partial charge on any atom is 0.0414 e. The second-order valence-corrected chi connectivity index (χ2v) is 6.26. The molecule has 19 heavy (non-hydrogen) atoms. The molecule has 0 radical (unpaired) electrons. The smallest absolute Gasteiger partial charge is 0.0414 e. The fourth-order valence-electron chi connectivity index (χ4n) is 3.74. The summed E-state index contributed by atoms with van der Waals surface area (Å²) in [5.41, 5.74) is 9.07. The summed E-state index contributed by atoms with van der Waals surface area (Å²) in [4.78, 5) is 2.61. The normalized spacial score (nSPS) is 24.9. The van der Waals surface area contributed by atoms with Crippen LogP contribution in [0.1, 0.15) is 56.6 Å². The number of rotatable bonds is 2. The van der Waals surface area contributed by atoms with Gasteiger partial charge in [-0.3, -0.25) is 0 Å². The molecular formula is C17H26N2. The summed E-state index contributed by atoms with van der Waals surface area (Å²) in [7, 11) is 0. The number of nitrogens with two attached hydrogens (primary N) is 1. The van der Waals surface area contributed by atoms with E-state index in [0.29, 0.717) is 0 Å². The Bertz CT molecular complexity index is 409. The van der Waals surface area contributed by atoms with E-state index in [1.165, 1.54) is 62.9 Å². The Morgan fingerprint density at radius 2 is 1.79 bits per heavy atom. The van der Waals surface area contributed by atoms with Crippen LogP contribution in [0.15, 0.2) is 24.3 Å². The van der Waals surface area contributed by atoms with Gasteiger partial charge in [0.1, 0.15) is 0 Å². The van der Waals surface area contributed by atoms with Crippen molar-refractivity contribution < 1.29 is 0 Å². The van der Waals surface area contributed by atoms with Crippen LogP contribution in [-0.4, -0.2) is 13.1 Å². The van der Waals surface area contributed by atoms with Crippen LogP contribution >= 0.6 is 0 Å². The van der Waals surface area contributed by atoms with Gasteiger partial charge >= 0.3 is 0 Å². The molecule has 1 aromatic carbocycles. The van der Waals surface area contributed by atoms with Gasteiger partial charge in [0.15, 0.2) is 0 Å². The number of fused-ring (bicyclic) bond motifs is 1. The molecule has 0 aromatic heterocycles. The average molecular weight is 258 g/mol. The zero-order valence-electron chi connectivity index (χ0n) is 11.9. The minimum atomic E-state index is 0.229. The van der Waals surface area contributed by atoms with E-state index in [9.17, 15) is 0 Å². The second-order valence-electron chi connectivity index (χ2n) is 6.26. The van der Waals surface area contributed by atoms with E-state index in [2.05, 4.69) is 29.2 Å². The second kappa shape index (κ2) is 5.96. The molecule has 0 spiro atoms. The molecule has 1 unspecified atom stereocenters. The zero-order chi connectivity index (χ0) is 13.1. The van der Waals surface area contributed by atoms with Crippen molar-refractivity contribution in [2.24, 2.45) is 11.7 Å². The lowest BCUT2D eigenvalue weighted by Crippen LogP contribution is -2.31. The predicted molar refractivity (Wildman–Crippen MR) is 81.4 cm³/mol. The van der Waals surface area contributed by atoms with Crippen LogP contribution in [0.3, 0.4) is 0 Å². The maximum atomic E-state index is 6.32. The molecule has 2 heteroatoms. The van der Waals surface area contributed by atoms with Gasteiger partial charge in [0, 0.05) is 24.8 Å². The molecular weight excluding hydrogens is 232 g/mol. The molecule has 1 atom stereocenters. The molecule has 1 heterocycles. The van der Waals surface area contributed by atoms with Gasteiger partial charge in [0.25, 0.3) is 0 Å². The topological polar surface area (TPSA) is 29.3 Å². The Hall–Kier alpha value is -1.02. The number of nitrogens with zero attached hydrogens (tertiary/aromatic N) is 1. The fraction of sp³-hybridized carbons (Fsp3) is 0.647. The first-order valence-corrected chi connectivity index (χ1v) is 7.94. The van der Waals surface area contributed by atoms with E-state index >= 15 is 0 Å². The van der Waals surface area contributed by atoms with Gasteiger partial charge < -0.3 is 10.6 Å². The first-order chi connectivity index (χ1) is 9.34. The highest BCUT2D eigenvalue weighted by molar-refractivity contribution is 5.55. The molecule has 2 N–H and O–H groups in total. The van der Waals surface area contributed by atoms with E-state index in [-0.39, 0.29) is 6.04 Å². The summed E-state index contributed by atoms with van der Waals surface area (Å²) in [5, 5.41) is 0. The summed E-state index contributed by atoms with van der Waals surface area (Å²) in [6.07, 6.45) is 9.49. The highest BCUT2D eigenvalue weighted by atomic mass is 15.1. The third-order valence-electron chi connectivity index (χ3n) is 4.82. The van der Waals surface area contributed by atoms with Crippen LogP contribution in [0.25, 0.3) is 0 Å². The van der Waals surface area contributed by atoms with Gasteiger partial charge in [-0.1, -0.05) is 37.5 Å². The van der Waals surface area contributed by atoms with Crippen molar-refractivity contribution in [1.29, 1.82) is 0 Å². The molecule has 0 bridgehead atoms. The minimum Gasteiger partial charge on any atom is -0.371 e. The Morgan fingerprint density at radius 3 is 2.63 bits per heavy atom.